The fourth-order valence-corrected chi connectivity index (χ4v) is 2.06. The fraction of sp³-hybridized carbons (Fsp3) is 0.200. The molecule has 0 aliphatic carbocycles. The minimum absolute atomic E-state index is 0.0685. The molecule has 0 radical (unpaired) electrons. The van der Waals surface area contributed by atoms with Crippen LogP contribution in [0.1, 0.15) is 16.7 Å². The number of rotatable bonds is 5. The van der Waals surface area contributed by atoms with Crippen LogP contribution in [0.2, 0.25) is 0 Å². The summed E-state index contributed by atoms with van der Waals surface area (Å²) in [6, 6.07) is 7.80. The Hall–Kier alpha value is -1.81. The minimum atomic E-state index is -4.89. The molecule has 0 spiro atoms. The van der Waals surface area contributed by atoms with Gasteiger partial charge in [-0.05, 0) is 48.0 Å². The molecule has 10 heteroatoms. The first-order valence-electron chi connectivity index (χ1n) is 6.83. The zero-order chi connectivity index (χ0) is 18.7. The first-order valence-corrected chi connectivity index (χ1v) is 7.28. The first-order chi connectivity index (χ1) is 11.6. The van der Waals surface area contributed by atoms with Gasteiger partial charge in [-0.2, -0.15) is 26.3 Å². The smallest absolute Gasteiger partial charge is 0.507 e. The lowest BCUT2D eigenvalue weighted by Gasteiger charge is -2.14. The molecule has 2 nitrogen and oxygen atoms in total. The lowest BCUT2D eigenvalue weighted by molar-refractivity contribution is -0.143. The van der Waals surface area contributed by atoms with Gasteiger partial charge in [0.05, 0.1) is 17.7 Å². The molecule has 134 valence electrons. The van der Waals surface area contributed by atoms with Gasteiger partial charge >= 0.3 is 20.0 Å². The van der Waals surface area contributed by atoms with E-state index in [0.717, 1.165) is 0 Å². The lowest BCUT2D eigenvalue weighted by Crippen LogP contribution is -2.13. The van der Waals surface area contributed by atoms with Gasteiger partial charge in [-0.25, -0.2) is 0 Å². The summed E-state index contributed by atoms with van der Waals surface area (Å²) in [5, 5.41) is 0. The van der Waals surface area contributed by atoms with E-state index < -0.39 is 30.1 Å². The zero-order valence-electron chi connectivity index (χ0n) is 12.5. The summed E-state index contributed by atoms with van der Waals surface area (Å²) in [7, 11) is -0.330. The summed E-state index contributed by atoms with van der Waals surface area (Å²) >= 11 is 4.08. The van der Waals surface area contributed by atoms with Crippen LogP contribution in [0.25, 0.3) is 0 Å². The molecule has 2 aromatic carbocycles. The van der Waals surface area contributed by atoms with E-state index in [1.807, 2.05) is 0 Å². The molecule has 0 aliphatic rings. The fourth-order valence-electron chi connectivity index (χ4n) is 1.91. The molecule has 0 heterocycles. The SMILES string of the molecule is FC(F)(F)c1cc(COBOc2ccc(S)cc2)cc(C(F)(F)F)c1. The summed E-state index contributed by atoms with van der Waals surface area (Å²) in [5.41, 5.74) is -3.02. The quantitative estimate of drug-likeness (QED) is 0.345. The highest BCUT2D eigenvalue weighted by Crippen LogP contribution is 2.36. The van der Waals surface area contributed by atoms with Crippen molar-refractivity contribution in [2.45, 2.75) is 23.9 Å². The van der Waals surface area contributed by atoms with Crippen molar-refractivity contribution in [2.75, 3.05) is 0 Å². The third-order valence-corrected chi connectivity index (χ3v) is 3.36. The van der Waals surface area contributed by atoms with Crippen molar-refractivity contribution < 1.29 is 35.7 Å². The molecule has 0 aromatic heterocycles. The summed E-state index contributed by atoms with van der Waals surface area (Å²) < 4.78 is 86.6. The molecule has 0 unspecified atom stereocenters. The third-order valence-electron chi connectivity index (χ3n) is 3.06. The van der Waals surface area contributed by atoms with Crippen molar-refractivity contribution in [3.8, 4) is 5.75 Å². The molecule has 0 N–H and O–H groups in total. The Morgan fingerprint density at radius 3 is 1.84 bits per heavy atom. The van der Waals surface area contributed by atoms with Gasteiger partial charge in [-0.1, -0.05) is 0 Å². The molecule has 0 atom stereocenters. The Balaban J connectivity index is 2.04. The molecule has 25 heavy (non-hydrogen) atoms. The molecule has 0 amide bonds. The maximum atomic E-state index is 12.7. The van der Waals surface area contributed by atoms with E-state index in [9.17, 15) is 26.3 Å². The number of halogens is 6. The molecule has 2 aromatic rings. The Morgan fingerprint density at radius 1 is 0.840 bits per heavy atom. The van der Waals surface area contributed by atoms with Crippen molar-refractivity contribution >= 4 is 20.3 Å². The van der Waals surface area contributed by atoms with Crippen LogP contribution in [0.3, 0.4) is 0 Å². The number of benzene rings is 2. The van der Waals surface area contributed by atoms with Crippen LogP contribution >= 0.6 is 12.6 Å². The molecular formula is C15H11BF6O2S. The van der Waals surface area contributed by atoms with Crippen molar-refractivity contribution in [3.63, 3.8) is 0 Å². The van der Waals surface area contributed by atoms with E-state index in [1.54, 1.807) is 24.3 Å². The minimum Gasteiger partial charge on any atom is -0.539 e. The molecule has 0 bridgehead atoms. The van der Waals surface area contributed by atoms with Gasteiger partial charge in [0, 0.05) is 4.90 Å². The maximum Gasteiger partial charge on any atom is 0.507 e. The van der Waals surface area contributed by atoms with Gasteiger partial charge in [0.15, 0.2) is 0 Å². The van der Waals surface area contributed by atoms with Crippen LogP contribution in [-0.2, 0) is 23.6 Å². The van der Waals surface area contributed by atoms with Crippen LogP contribution in [0, 0.1) is 0 Å². The van der Waals surface area contributed by atoms with Crippen molar-refractivity contribution in [2.24, 2.45) is 0 Å². The second-order valence-corrected chi connectivity index (χ2v) is 5.54. The summed E-state index contributed by atoms with van der Waals surface area (Å²) in [5.74, 6) is 0.429. The molecular weight excluding hydrogens is 369 g/mol. The molecule has 0 fully saturated rings. The second kappa shape index (κ2) is 7.61. The first kappa shape index (κ1) is 19.5. The largest absolute Gasteiger partial charge is 0.539 e. The predicted molar refractivity (Wildman–Crippen MR) is 82.7 cm³/mol. The lowest BCUT2D eigenvalue weighted by atomic mass is 10.1. The Labute approximate surface area is 145 Å². The number of thiol groups is 1. The number of hydrogen-bond donors (Lipinski definition) is 1. The molecule has 2 rings (SSSR count). The van der Waals surface area contributed by atoms with E-state index in [-0.39, 0.29) is 19.3 Å². The average Bonchev–Trinajstić information content (AvgIpc) is 2.51. The summed E-state index contributed by atoms with van der Waals surface area (Å²) in [4.78, 5) is 0.705. The van der Waals surface area contributed by atoms with Crippen LogP contribution in [0.15, 0.2) is 47.4 Å². The normalized spacial score (nSPS) is 12.1. The van der Waals surface area contributed by atoms with Gasteiger partial charge in [0.25, 0.3) is 0 Å². The van der Waals surface area contributed by atoms with E-state index >= 15 is 0 Å². The number of alkyl halides is 6. The van der Waals surface area contributed by atoms with E-state index in [0.29, 0.717) is 22.8 Å². The van der Waals surface area contributed by atoms with Crippen molar-refractivity contribution in [3.05, 3.63) is 59.2 Å². The van der Waals surface area contributed by atoms with E-state index in [2.05, 4.69) is 12.6 Å². The maximum absolute atomic E-state index is 12.7. The zero-order valence-corrected chi connectivity index (χ0v) is 13.4. The van der Waals surface area contributed by atoms with Crippen LogP contribution in [0.4, 0.5) is 26.3 Å². The van der Waals surface area contributed by atoms with E-state index in [1.165, 1.54) is 0 Å². The molecule has 0 aliphatic heterocycles. The average molecular weight is 380 g/mol. The van der Waals surface area contributed by atoms with Crippen LogP contribution in [0.5, 0.6) is 5.75 Å². The van der Waals surface area contributed by atoms with Gasteiger partial charge < -0.3 is 9.31 Å². The Morgan fingerprint density at radius 2 is 1.36 bits per heavy atom. The van der Waals surface area contributed by atoms with Gasteiger partial charge in [0.2, 0.25) is 0 Å². The molecule has 0 saturated carbocycles. The topological polar surface area (TPSA) is 18.5 Å². The Kier molecular flexibility index (Phi) is 5.94. The highest BCUT2D eigenvalue weighted by Gasteiger charge is 2.36. The van der Waals surface area contributed by atoms with E-state index in [4.69, 9.17) is 9.31 Å². The summed E-state index contributed by atoms with van der Waals surface area (Å²) in [6.45, 7) is -0.461. The summed E-state index contributed by atoms with van der Waals surface area (Å²) in [6.07, 6.45) is -9.78. The monoisotopic (exact) mass is 380 g/mol. The highest BCUT2D eigenvalue weighted by atomic mass is 32.1. The second-order valence-electron chi connectivity index (χ2n) is 5.02. The standard InChI is InChI=1S/C15H11BF6O2S/c17-14(18,19)10-5-9(6-11(7-10)15(20,21)22)8-23-16-24-12-1-3-13(25)4-2-12/h1-7,16,25H,8H2. The predicted octanol–water partition coefficient (Wildman–Crippen LogP) is 4.88. The van der Waals surface area contributed by atoms with Gasteiger partial charge in [-0.15, -0.1) is 12.6 Å². The highest BCUT2D eigenvalue weighted by molar-refractivity contribution is 7.80. The van der Waals surface area contributed by atoms with Crippen molar-refractivity contribution in [1.29, 1.82) is 0 Å². The van der Waals surface area contributed by atoms with Gasteiger partial charge in [-0.3, -0.25) is 0 Å². The number of hydrogen-bond acceptors (Lipinski definition) is 3. The van der Waals surface area contributed by atoms with Gasteiger partial charge in [0.1, 0.15) is 5.75 Å². The Bertz CT molecular complexity index is 683. The van der Waals surface area contributed by atoms with Crippen molar-refractivity contribution in [1.82, 2.24) is 0 Å². The van der Waals surface area contributed by atoms with Crippen LogP contribution < -0.4 is 4.65 Å². The third kappa shape index (κ3) is 5.89. The molecule has 0 saturated heterocycles. The van der Waals surface area contributed by atoms with Crippen LogP contribution in [-0.4, -0.2) is 7.69 Å².